The van der Waals surface area contributed by atoms with Crippen LogP contribution >= 0.6 is 15.9 Å². The molecular formula is C14H15BrFN3O2. The minimum absolute atomic E-state index is 0.152. The molecule has 21 heavy (non-hydrogen) atoms. The maximum Gasteiger partial charge on any atom is 0.186 e. The molecular weight excluding hydrogens is 341 g/mol. The zero-order valence-corrected chi connectivity index (χ0v) is 13.7. The molecule has 0 bridgehead atoms. The zero-order chi connectivity index (χ0) is 15.6. The van der Waals surface area contributed by atoms with Crippen LogP contribution in [0.3, 0.4) is 0 Å². The lowest BCUT2D eigenvalue weighted by Crippen LogP contribution is -2.04. The minimum Gasteiger partial charge on any atom is -0.493 e. The van der Waals surface area contributed by atoms with Crippen molar-refractivity contribution >= 4 is 21.7 Å². The molecule has 0 aliphatic rings. The Labute approximate surface area is 130 Å². The second-order valence-electron chi connectivity index (χ2n) is 4.23. The number of nitrogens with one attached hydrogen (secondary N) is 1. The van der Waals surface area contributed by atoms with Crippen molar-refractivity contribution in [3.63, 3.8) is 0 Å². The lowest BCUT2D eigenvalue weighted by Gasteiger charge is -2.12. The van der Waals surface area contributed by atoms with Crippen molar-refractivity contribution in [1.82, 2.24) is 9.97 Å². The minimum atomic E-state index is -0.460. The van der Waals surface area contributed by atoms with E-state index in [1.165, 1.54) is 0 Å². The molecule has 0 fully saturated rings. The lowest BCUT2D eigenvalue weighted by atomic mass is 10.2. The van der Waals surface area contributed by atoms with E-state index in [0.717, 1.165) is 4.47 Å². The first-order chi connectivity index (χ1) is 10.0. The summed E-state index contributed by atoms with van der Waals surface area (Å²) in [6.07, 6.45) is 0. The van der Waals surface area contributed by atoms with Gasteiger partial charge in [0.2, 0.25) is 0 Å². The molecule has 0 saturated heterocycles. The fraction of sp³-hybridized carbons (Fsp3) is 0.286. The van der Waals surface area contributed by atoms with Crippen molar-refractivity contribution in [2.45, 2.75) is 6.92 Å². The van der Waals surface area contributed by atoms with Gasteiger partial charge in [-0.15, -0.1) is 0 Å². The third-order valence-corrected chi connectivity index (χ3v) is 3.62. The highest BCUT2D eigenvalue weighted by molar-refractivity contribution is 9.10. The Hall–Kier alpha value is -1.89. The number of hydrogen-bond donors (Lipinski definition) is 1. The van der Waals surface area contributed by atoms with E-state index in [1.807, 2.05) is 0 Å². The Morgan fingerprint density at radius 3 is 2.33 bits per heavy atom. The van der Waals surface area contributed by atoms with Gasteiger partial charge in [0.05, 0.1) is 19.9 Å². The molecule has 1 N–H and O–H groups in total. The van der Waals surface area contributed by atoms with Crippen LogP contribution in [0.15, 0.2) is 16.6 Å². The Balaban J connectivity index is 2.64. The van der Waals surface area contributed by atoms with E-state index in [-0.39, 0.29) is 11.5 Å². The van der Waals surface area contributed by atoms with E-state index < -0.39 is 5.82 Å². The molecule has 1 aromatic carbocycles. The summed E-state index contributed by atoms with van der Waals surface area (Å²) < 4.78 is 25.0. The standard InChI is InChI=1S/C14H15BrFN3O2/c1-7-12(16)14(17-2)19-13(18-7)8-5-10(20-3)11(21-4)6-9(8)15/h5-6H,1-4H3,(H,17,18,19). The SMILES string of the molecule is CNc1nc(-c2cc(OC)c(OC)cc2Br)nc(C)c1F. The van der Waals surface area contributed by atoms with Crippen LogP contribution in [-0.4, -0.2) is 31.2 Å². The van der Waals surface area contributed by atoms with Gasteiger partial charge in [-0.2, -0.15) is 0 Å². The first-order valence-electron chi connectivity index (χ1n) is 6.15. The number of hydrogen-bond acceptors (Lipinski definition) is 5. The summed E-state index contributed by atoms with van der Waals surface area (Å²) in [4.78, 5) is 8.38. The Morgan fingerprint density at radius 2 is 1.76 bits per heavy atom. The summed E-state index contributed by atoms with van der Waals surface area (Å²) in [7, 11) is 4.71. The molecule has 0 saturated carbocycles. The molecule has 0 amide bonds. The van der Waals surface area contributed by atoms with Crippen LogP contribution in [-0.2, 0) is 0 Å². The van der Waals surface area contributed by atoms with Crippen LogP contribution in [0.2, 0.25) is 0 Å². The Kier molecular flexibility index (Phi) is 4.62. The third kappa shape index (κ3) is 2.92. The third-order valence-electron chi connectivity index (χ3n) is 2.97. The molecule has 5 nitrogen and oxygen atoms in total. The number of aryl methyl sites for hydroxylation is 1. The maximum atomic E-state index is 13.8. The topological polar surface area (TPSA) is 56.3 Å². The zero-order valence-electron chi connectivity index (χ0n) is 12.1. The molecule has 1 heterocycles. The van der Waals surface area contributed by atoms with Gasteiger partial charge in [-0.1, -0.05) is 0 Å². The lowest BCUT2D eigenvalue weighted by molar-refractivity contribution is 0.355. The largest absolute Gasteiger partial charge is 0.493 e. The highest BCUT2D eigenvalue weighted by Crippen LogP contribution is 2.37. The van der Waals surface area contributed by atoms with Crippen LogP contribution in [0.25, 0.3) is 11.4 Å². The van der Waals surface area contributed by atoms with Crippen molar-refractivity contribution in [3.8, 4) is 22.9 Å². The van der Waals surface area contributed by atoms with Crippen molar-refractivity contribution in [1.29, 1.82) is 0 Å². The fourth-order valence-corrected chi connectivity index (χ4v) is 2.37. The molecule has 0 unspecified atom stereocenters. The first kappa shape index (κ1) is 15.5. The van der Waals surface area contributed by atoms with Gasteiger partial charge >= 0.3 is 0 Å². The van der Waals surface area contributed by atoms with Gasteiger partial charge in [-0.3, -0.25) is 0 Å². The summed E-state index contributed by atoms with van der Waals surface area (Å²) in [5, 5.41) is 2.72. The fourth-order valence-electron chi connectivity index (χ4n) is 1.87. The summed E-state index contributed by atoms with van der Waals surface area (Å²) >= 11 is 3.45. The van der Waals surface area contributed by atoms with E-state index in [0.29, 0.717) is 22.9 Å². The monoisotopic (exact) mass is 355 g/mol. The normalized spacial score (nSPS) is 10.4. The first-order valence-corrected chi connectivity index (χ1v) is 6.94. The molecule has 0 atom stereocenters. The number of benzene rings is 1. The molecule has 7 heteroatoms. The number of rotatable bonds is 4. The van der Waals surface area contributed by atoms with Gasteiger partial charge < -0.3 is 14.8 Å². The highest BCUT2D eigenvalue weighted by Gasteiger charge is 2.16. The predicted octanol–water partition coefficient (Wildman–Crippen LogP) is 3.41. The van der Waals surface area contributed by atoms with Gasteiger partial charge in [0.15, 0.2) is 29.0 Å². The number of aromatic nitrogens is 2. The Morgan fingerprint density at radius 1 is 1.14 bits per heavy atom. The van der Waals surface area contributed by atoms with Gasteiger partial charge in [0.25, 0.3) is 0 Å². The molecule has 2 rings (SSSR count). The van der Waals surface area contributed by atoms with Crippen LogP contribution in [0.5, 0.6) is 11.5 Å². The average molecular weight is 356 g/mol. The quantitative estimate of drug-likeness (QED) is 0.910. The molecule has 112 valence electrons. The molecule has 1 aromatic heterocycles. The maximum absolute atomic E-state index is 13.8. The van der Waals surface area contributed by atoms with E-state index in [1.54, 1.807) is 40.3 Å². The van der Waals surface area contributed by atoms with Crippen molar-refractivity contribution < 1.29 is 13.9 Å². The van der Waals surface area contributed by atoms with Crippen molar-refractivity contribution in [3.05, 3.63) is 28.1 Å². The Bertz CT molecular complexity index is 680. The summed E-state index contributed by atoms with van der Waals surface area (Å²) in [5.41, 5.74) is 0.957. The predicted molar refractivity (Wildman–Crippen MR) is 82.5 cm³/mol. The van der Waals surface area contributed by atoms with E-state index in [9.17, 15) is 4.39 Å². The number of ether oxygens (including phenoxy) is 2. The average Bonchev–Trinajstić information content (AvgIpc) is 2.49. The molecule has 0 radical (unpaired) electrons. The second kappa shape index (κ2) is 6.26. The molecule has 0 aliphatic carbocycles. The number of methoxy groups -OCH3 is 2. The van der Waals surface area contributed by atoms with Gasteiger partial charge in [-0.05, 0) is 35.0 Å². The van der Waals surface area contributed by atoms with E-state index >= 15 is 0 Å². The molecule has 0 spiro atoms. The highest BCUT2D eigenvalue weighted by atomic mass is 79.9. The van der Waals surface area contributed by atoms with Gasteiger partial charge in [-0.25, -0.2) is 14.4 Å². The second-order valence-corrected chi connectivity index (χ2v) is 5.09. The van der Waals surface area contributed by atoms with Crippen LogP contribution in [0.1, 0.15) is 5.69 Å². The smallest absolute Gasteiger partial charge is 0.186 e. The van der Waals surface area contributed by atoms with Gasteiger partial charge in [0.1, 0.15) is 0 Å². The summed E-state index contributed by atoms with van der Waals surface area (Å²) in [6.45, 7) is 1.59. The van der Waals surface area contributed by atoms with Gasteiger partial charge in [0, 0.05) is 17.1 Å². The number of halogens is 2. The van der Waals surface area contributed by atoms with Crippen LogP contribution in [0.4, 0.5) is 10.2 Å². The summed E-state index contributed by atoms with van der Waals surface area (Å²) in [5.74, 6) is 1.22. The van der Waals surface area contributed by atoms with E-state index in [4.69, 9.17) is 9.47 Å². The van der Waals surface area contributed by atoms with Crippen LogP contribution < -0.4 is 14.8 Å². The van der Waals surface area contributed by atoms with Crippen molar-refractivity contribution in [2.24, 2.45) is 0 Å². The number of nitrogens with zero attached hydrogens (tertiary/aromatic N) is 2. The van der Waals surface area contributed by atoms with Crippen molar-refractivity contribution in [2.75, 3.05) is 26.6 Å². The van der Waals surface area contributed by atoms with Crippen LogP contribution in [0, 0.1) is 12.7 Å². The summed E-state index contributed by atoms with van der Waals surface area (Å²) in [6, 6.07) is 3.50. The molecule has 2 aromatic rings. The van der Waals surface area contributed by atoms with E-state index in [2.05, 4.69) is 31.2 Å². The molecule has 0 aliphatic heterocycles. The number of anilines is 1.